The Balaban J connectivity index is 2.66. The summed E-state index contributed by atoms with van der Waals surface area (Å²) < 4.78 is 0. The standard InChI is InChI=1S/C13H23N3O4/c1-4-15(9-11(17)14(2)3)13(20)16-7-5-6-10(8-16)12(18)19/h10H,4-9H2,1-3H3,(H,18,19)/t10-/m1/s1. The molecule has 1 N–H and O–H groups in total. The Bertz CT molecular complexity index is 384. The summed E-state index contributed by atoms with van der Waals surface area (Å²) in [7, 11) is 3.28. The maximum Gasteiger partial charge on any atom is 0.320 e. The van der Waals surface area contributed by atoms with E-state index in [9.17, 15) is 14.4 Å². The van der Waals surface area contributed by atoms with E-state index in [0.717, 1.165) is 0 Å². The number of piperidine rings is 1. The molecular formula is C13H23N3O4. The number of carboxylic acid groups (broad SMARTS) is 1. The molecule has 0 aliphatic carbocycles. The molecular weight excluding hydrogens is 262 g/mol. The minimum atomic E-state index is -0.866. The quantitative estimate of drug-likeness (QED) is 0.806. The fraction of sp³-hybridized carbons (Fsp3) is 0.769. The molecule has 1 atom stereocenters. The van der Waals surface area contributed by atoms with Crippen LogP contribution in [0.3, 0.4) is 0 Å². The monoisotopic (exact) mass is 285 g/mol. The topological polar surface area (TPSA) is 81.2 Å². The number of carbonyl (C=O) groups is 3. The van der Waals surface area contributed by atoms with Gasteiger partial charge < -0.3 is 19.8 Å². The first kappa shape index (κ1) is 16.3. The van der Waals surface area contributed by atoms with E-state index in [-0.39, 0.29) is 25.0 Å². The third-order valence-corrected chi connectivity index (χ3v) is 3.52. The van der Waals surface area contributed by atoms with Gasteiger partial charge in [-0.1, -0.05) is 0 Å². The molecule has 0 aromatic carbocycles. The van der Waals surface area contributed by atoms with Gasteiger partial charge in [-0.15, -0.1) is 0 Å². The minimum Gasteiger partial charge on any atom is -0.481 e. The first-order valence-corrected chi connectivity index (χ1v) is 6.83. The van der Waals surface area contributed by atoms with Crippen molar-refractivity contribution in [3.63, 3.8) is 0 Å². The maximum atomic E-state index is 12.3. The van der Waals surface area contributed by atoms with E-state index in [0.29, 0.717) is 25.9 Å². The molecule has 0 radical (unpaired) electrons. The molecule has 1 aliphatic heterocycles. The molecule has 0 aromatic heterocycles. The van der Waals surface area contributed by atoms with Crippen LogP contribution < -0.4 is 0 Å². The van der Waals surface area contributed by atoms with E-state index in [1.54, 1.807) is 21.0 Å². The van der Waals surface area contributed by atoms with Gasteiger partial charge in [0.1, 0.15) is 6.54 Å². The second kappa shape index (κ2) is 7.12. The summed E-state index contributed by atoms with van der Waals surface area (Å²) in [4.78, 5) is 39.5. The summed E-state index contributed by atoms with van der Waals surface area (Å²) in [6.07, 6.45) is 1.28. The van der Waals surface area contributed by atoms with Gasteiger partial charge in [-0.05, 0) is 19.8 Å². The van der Waals surface area contributed by atoms with Crippen molar-refractivity contribution >= 4 is 17.9 Å². The number of likely N-dealkylation sites (tertiary alicyclic amines) is 1. The Morgan fingerprint density at radius 3 is 2.45 bits per heavy atom. The van der Waals surface area contributed by atoms with Gasteiger partial charge in [0.2, 0.25) is 5.91 Å². The Morgan fingerprint density at radius 2 is 1.95 bits per heavy atom. The highest BCUT2D eigenvalue weighted by Crippen LogP contribution is 2.18. The zero-order valence-electron chi connectivity index (χ0n) is 12.3. The van der Waals surface area contributed by atoms with Gasteiger partial charge in [0.05, 0.1) is 5.92 Å². The van der Waals surface area contributed by atoms with Crippen LogP contribution in [0.4, 0.5) is 4.79 Å². The number of urea groups is 1. The lowest BCUT2D eigenvalue weighted by molar-refractivity contribution is -0.143. The summed E-state index contributed by atoms with van der Waals surface area (Å²) in [5, 5.41) is 9.04. The zero-order valence-corrected chi connectivity index (χ0v) is 12.3. The third-order valence-electron chi connectivity index (χ3n) is 3.52. The molecule has 1 saturated heterocycles. The van der Waals surface area contributed by atoms with Crippen LogP contribution >= 0.6 is 0 Å². The molecule has 1 fully saturated rings. The lowest BCUT2D eigenvalue weighted by atomic mass is 9.99. The molecule has 1 heterocycles. The van der Waals surface area contributed by atoms with Crippen molar-refractivity contribution in [2.24, 2.45) is 5.92 Å². The number of amides is 3. The number of carbonyl (C=O) groups excluding carboxylic acids is 2. The van der Waals surface area contributed by atoms with Crippen LogP contribution in [0.15, 0.2) is 0 Å². The largest absolute Gasteiger partial charge is 0.481 e. The Labute approximate surface area is 119 Å². The zero-order chi connectivity index (χ0) is 15.3. The molecule has 0 saturated carbocycles. The minimum absolute atomic E-state index is 0.0244. The molecule has 3 amide bonds. The third kappa shape index (κ3) is 4.11. The lowest BCUT2D eigenvalue weighted by Gasteiger charge is -2.34. The van der Waals surface area contributed by atoms with E-state index in [1.165, 1.54) is 14.7 Å². The fourth-order valence-corrected chi connectivity index (χ4v) is 2.17. The predicted octanol–water partition coefficient (Wildman–Crippen LogP) is 0.313. The van der Waals surface area contributed by atoms with E-state index in [2.05, 4.69) is 0 Å². The van der Waals surface area contributed by atoms with Crippen molar-refractivity contribution in [2.75, 3.05) is 40.3 Å². The van der Waals surface area contributed by atoms with Crippen LogP contribution in [-0.4, -0.2) is 78.0 Å². The molecule has 0 spiro atoms. The van der Waals surface area contributed by atoms with Gasteiger partial charge in [-0.25, -0.2) is 4.79 Å². The van der Waals surface area contributed by atoms with Crippen LogP contribution in [0.5, 0.6) is 0 Å². The average molecular weight is 285 g/mol. The van der Waals surface area contributed by atoms with Crippen molar-refractivity contribution in [3.8, 4) is 0 Å². The Kier molecular flexibility index (Phi) is 5.79. The number of nitrogens with zero attached hydrogens (tertiary/aromatic N) is 3. The van der Waals surface area contributed by atoms with E-state index < -0.39 is 11.9 Å². The number of hydrogen-bond donors (Lipinski definition) is 1. The second-order valence-corrected chi connectivity index (χ2v) is 5.21. The molecule has 1 rings (SSSR count). The van der Waals surface area contributed by atoms with Crippen molar-refractivity contribution in [1.82, 2.24) is 14.7 Å². The summed E-state index contributed by atoms with van der Waals surface area (Å²) in [5.41, 5.74) is 0. The highest BCUT2D eigenvalue weighted by Gasteiger charge is 2.30. The Morgan fingerprint density at radius 1 is 1.30 bits per heavy atom. The van der Waals surface area contributed by atoms with Crippen LogP contribution in [-0.2, 0) is 9.59 Å². The summed E-state index contributed by atoms with van der Waals surface area (Å²) in [6, 6.07) is -0.256. The number of likely N-dealkylation sites (N-methyl/N-ethyl adjacent to an activating group) is 2. The van der Waals surface area contributed by atoms with Gasteiger partial charge in [0, 0.05) is 33.7 Å². The summed E-state index contributed by atoms with van der Waals surface area (Å²) in [5.74, 6) is -1.52. The SMILES string of the molecule is CCN(CC(=O)N(C)C)C(=O)N1CCC[C@@H](C(=O)O)C1. The average Bonchev–Trinajstić information content (AvgIpc) is 2.43. The fourth-order valence-electron chi connectivity index (χ4n) is 2.17. The maximum absolute atomic E-state index is 12.3. The van der Waals surface area contributed by atoms with Crippen molar-refractivity contribution in [3.05, 3.63) is 0 Å². The molecule has 20 heavy (non-hydrogen) atoms. The van der Waals surface area contributed by atoms with Gasteiger partial charge in [0.25, 0.3) is 0 Å². The molecule has 0 bridgehead atoms. The van der Waals surface area contributed by atoms with E-state index >= 15 is 0 Å². The number of hydrogen-bond acceptors (Lipinski definition) is 3. The molecule has 1 aliphatic rings. The van der Waals surface area contributed by atoms with Gasteiger partial charge in [-0.2, -0.15) is 0 Å². The first-order chi connectivity index (χ1) is 9.36. The van der Waals surface area contributed by atoms with Crippen LogP contribution in [0.25, 0.3) is 0 Å². The van der Waals surface area contributed by atoms with Crippen LogP contribution in [0.1, 0.15) is 19.8 Å². The second-order valence-electron chi connectivity index (χ2n) is 5.21. The Hall–Kier alpha value is -1.79. The highest BCUT2D eigenvalue weighted by molar-refractivity contribution is 5.84. The normalized spacial score (nSPS) is 18.6. The van der Waals surface area contributed by atoms with Gasteiger partial charge in [0.15, 0.2) is 0 Å². The lowest BCUT2D eigenvalue weighted by Crippen LogP contribution is -2.51. The summed E-state index contributed by atoms with van der Waals surface area (Å²) in [6.45, 7) is 3.03. The predicted molar refractivity (Wildman–Crippen MR) is 73.3 cm³/mol. The van der Waals surface area contributed by atoms with Gasteiger partial charge in [-0.3, -0.25) is 9.59 Å². The number of aliphatic carboxylic acids is 1. The van der Waals surface area contributed by atoms with Crippen LogP contribution in [0.2, 0.25) is 0 Å². The first-order valence-electron chi connectivity index (χ1n) is 6.83. The molecule has 0 unspecified atom stereocenters. The molecule has 7 nitrogen and oxygen atoms in total. The number of carboxylic acids is 1. The summed E-state index contributed by atoms with van der Waals surface area (Å²) >= 11 is 0. The van der Waals surface area contributed by atoms with Crippen molar-refractivity contribution in [2.45, 2.75) is 19.8 Å². The smallest absolute Gasteiger partial charge is 0.320 e. The molecule has 0 aromatic rings. The highest BCUT2D eigenvalue weighted by atomic mass is 16.4. The van der Waals surface area contributed by atoms with Crippen molar-refractivity contribution in [1.29, 1.82) is 0 Å². The molecule has 114 valence electrons. The van der Waals surface area contributed by atoms with Crippen molar-refractivity contribution < 1.29 is 19.5 Å². The van der Waals surface area contributed by atoms with Gasteiger partial charge >= 0.3 is 12.0 Å². The van der Waals surface area contributed by atoms with E-state index in [1.807, 2.05) is 0 Å². The van der Waals surface area contributed by atoms with E-state index in [4.69, 9.17) is 5.11 Å². The van der Waals surface area contributed by atoms with Crippen LogP contribution in [0, 0.1) is 5.92 Å². The number of rotatable bonds is 4. The molecule has 7 heteroatoms.